The Morgan fingerprint density at radius 1 is 1.17 bits per heavy atom. The number of carbonyl (C=O) groups excluding carboxylic acids is 1. The van der Waals surface area contributed by atoms with Crippen LogP contribution in [0, 0.1) is 5.82 Å². The largest absolute Gasteiger partial charge is 0.494 e. The predicted octanol–water partition coefficient (Wildman–Crippen LogP) is 2.73. The van der Waals surface area contributed by atoms with Crippen molar-refractivity contribution < 1.29 is 13.9 Å². The number of hydrogen-bond acceptors (Lipinski definition) is 4. The number of benzene rings is 2. The van der Waals surface area contributed by atoms with Crippen LogP contribution < -0.4 is 10.4 Å². The smallest absolute Gasteiger partial charge is 0.347 e. The number of hydrogen-bond donors (Lipinski definition) is 1. The molecule has 0 saturated carbocycles. The number of para-hydroxylation sites is 1. The Labute approximate surface area is 166 Å². The van der Waals surface area contributed by atoms with E-state index in [1.807, 2.05) is 30.3 Å². The van der Waals surface area contributed by atoms with Crippen LogP contribution in [-0.2, 0) is 0 Å². The highest BCUT2D eigenvalue weighted by molar-refractivity contribution is 5.94. The average Bonchev–Trinajstić information content (AvgIpc) is 3.15. The molecule has 1 aliphatic rings. The van der Waals surface area contributed by atoms with Crippen LogP contribution in [0.5, 0.6) is 5.75 Å². The second-order valence-electron chi connectivity index (χ2n) is 6.97. The number of nitrogens with one attached hydrogen (secondary N) is 1. The Bertz CT molecular complexity index is 1070. The van der Waals surface area contributed by atoms with Gasteiger partial charge < -0.3 is 9.64 Å². The average molecular weight is 396 g/mol. The molecule has 0 bridgehead atoms. The van der Waals surface area contributed by atoms with E-state index in [9.17, 15) is 14.0 Å². The van der Waals surface area contributed by atoms with Crippen LogP contribution in [-0.4, -0.2) is 45.8 Å². The summed E-state index contributed by atoms with van der Waals surface area (Å²) in [4.78, 5) is 26.7. The number of piperidine rings is 1. The number of methoxy groups -OCH3 is 1. The van der Waals surface area contributed by atoms with Gasteiger partial charge in [0, 0.05) is 24.6 Å². The molecular weight excluding hydrogens is 375 g/mol. The van der Waals surface area contributed by atoms with Crippen LogP contribution in [0.4, 0.5) is 4.39 Å². The van der Waals surface area contributed by atoms with E-state index < -0.39 is 5.82 Å². The lowest BCUT2D eigenvalue weighted by molar-refractivity contribution is 0.0710. The molecule has 1 fully saturated rings. The van der Waals surface area contributed by atoms with Gasteiger partial charge in [0.25, 0.3) is 5.91 Å². The molecule has 0 aliphatic carbocycles. The highest BCUT2D eigenvalue weighted by Gasteiger charge is 2.28. The molecule has 0 atom stereocenters. The maximum absolute atomic E-state index is 13.9. The van der Waals surface area contributed by atoms with Crippen molar-refractivity contribution in [3.63, 3.8) is 0 Å². The van der Waals surface area contributed by atoms with Gasteiger partial charge in [0.2, 0.25) is 0 Å². The molecule has 150 valence electrons. The third-order valence-corrected chi connectivity index (χ3v) is 5.26. The van der Waals surface area contributed by atoms with Crippen LogP contribution in [0.15, 0.2) is 53.3 Å². The number of ether oxygens (including phenoxy) is 1. The quantitative estimate of drug-likeness (QED) is 0.735. The summed E-state index contributed by atoms with van der Waals surface area (Å²) >= 11 is 0. The van der Waals surface area contributed by atoms with Gasteiger partial charge in [-0.15, -0.1) is 0 Å². The van der Waals surface area contributed by atoms with E-state index in [4.69, 9.17) is 4.74 Å². The van der Waals surface area contributed by atoms with Gasteiger partial charge >= 0.3 is 5.69 Å². The van der Waals surface area contributed by atoms with E-state index in [1.165, 1.54) is 19.2 Å². The summed E-state index contributed by atoms with van der Waals surface area (Å²) in [5.74, 6) is 0.0522. The van der Waals surface area contributed by atoms with Crippen molar-refractivity contribution in [2.75, 3.05) is 20.2 Å². The van der Waals surface area contributed by atoms with Crippen LogP contribution in [0.3, 0.4) is 0 Å². The fraction of sp³-hybridized carbons (Fsp3) is 0.286. The molecule has 2 heterocycles. The third kappa shape index (κ3) is 3.65. The fourth-order valence-electron chi connectivity index (χ4n) is 3.73. The lowest BCUT2D eigenvalue weighted by Gasteiger charge is -2.31. The Balaban J connectivity index is 1.49. The second kappa shape index (κ2) is 7.90. The van der Waals surface area contributed by atoms with Crippen molar-refractivity contribution in [3.05, 3.63) is 76.2 Å². The molecule has 3 aromatic rings. The molecule has 1 saturated heterocycles. The highest BCUT2D eigenvalue weighted by Crippen LogP contribution is 2.28. The number of H-pyrrole nitrogens is 1. The van der Waals surface area contributed by atoms with Crippen molar-refractivity contribution in [3.8, 4) is 11.4 Å². The molecule has 0 unspecified atom stereocenters. The molecule has 29 heavy (non-hydrogen) atoms. The standard InChI is InChI=1S/C21H21FN4O3/c1-29-18-8-7-15(13-17(18)22)20(27)25-11-9-14(10-12-25)19-23-24-21(28)26(19)16-5-3-2-4-6-16/h2-8,13-14H,9-12H2,1H3,(H,24,28). The van der Waals surface area contributed by atoms with E-state index in [1.54, 1.807) is 15.5 Å². The lowest BCUT2D eigenvalue weighted by atomic mass is 9.95. The zero-order valence-electron chi connectivity index (χ0n) is 16.0. The number of likely N-dealkylation sites (tertiary alicyclic amines) is 1. The summed E-state index contributed by atoms with van der Waals surface area (Å²) in [5.41, 5.74) is 0.773. The molecular formula is C21H21FN4O3. The molecule has 0 spiro atoms. The molecule has 1 aliphatic heterocycles. The first-order chi connectivity index (χ1) is 14.1. The van der Waals surface area contributed by atoms with Crippen molar-refractivity contribution in [2.45, 2.75) is 18.8 Å². The monoisotopic (exact) mass is 396 g/mol. The number of aromatic amines is 1. The maximum atomic E-state index is 13.9. The van der Waals surface area contributed by atoms with Gasteiger partial charge in [0.1, 0.15) is 5.82 Å². The molecule has 8 heteroatoms. The first-order valence-electron chi connectivity index (χ1n) is 9.44. The summed E-state index contributed by atoms with van der Waals surface area (Å²) in [6.45, 7) is 1.01. The normalized spacial score (nSPS) is 14.8. The topological polar surface area (TPSA) is 80.2 Å². The number of aromatic nitrogens is 3. The molecule has 1 aromatic heterocycles. The Kier molecular flexibility index (Phi) is 5.16. The summed E-state index contributed by atoms with van der Waals surface area (Å²) in [6, 6.07) is 13.6. The summed E-state index contributed by atoms with van der Waals surface area (Å²) in [5, 5.41) is 6.77. The minimum Gasteiger partial charge on any atom is -0.494 e. The number of carbonyl (C=O) groups is 1. The minimum absolute atomic E-state index is 0.0470. The van der Waals surface area contributed by atoms with E-state index in [0.717, 1.165) is 5.69 Å². The first kappa shape index (κ1) is 18.9. The summed E-state index contributed by atoms with van der Waals surface area (Å²) in [7, 11) is 1.38. The van der Waals surface area contributed by atoms with E-state index >= 15 is 0 Å². The van der Waals surface area contributed by atoms with Gasteiger partial charge in [0.15, 0.2) is 11.6 Å². The predicted molar refractivity (Wildman–Crippen MR) is 105 cm³/mol. The number of nitrogens with zero attached hydrogens (tertiary/aromatic N) is 3. The Morgan fingerprint density at radius 2 is 1.90 bits per heavy atom. The number of amides is 1. The first-order valence-corrected chi connectivity index (χ1v) is 9.44. The Morgan fingerprint density at radius 3 is 2.55 bits per heavy atom. The fourth-order valence-corrected chi connectivity index (χ4v) is 3.73. The van der Waals surface area contributed by atoms with Gasteiger partial charge in [0.05, 0.1) is 12.8 Å². The van der Waals surface area contributed by atoms with Gasteiger partial charge in [-0.2, -0.15) is 5.10 Å². The number of rotatable bonds is 4. The zero-order valence-corrected chi connectivity index (χ0v) is 16.0. The minimum atomic E-state index is -0.559. The summed E-state index contributed by atoms with van der Waals surface area (Å²) < 4.78 is 20.4. The summed E-state index contributed by atoms with van der Waals surface area (Å²) in [6.07, 6.45) is 1.34. The lowest BCUT2D eigenvalue weighted by Crippen LogP contribution is -2.38. The van der Waals surface area contributed by atoms with Crippen molar-refractivity contribution in [2.24, 2.45) is 0 Å². The van der Waals surface area contributed by atoms with E-state index in [2.05, 4.69) is 10.2 Å². The van der Waals surface area contributed by atoms with Crippen LogP contribution in [0.2, 0.25) is 0 Å². The third-order valence-electron chi connectivity index (χ3n) is 5.26. The van der Waals surface area contributed by atoms with Crippen molar-refractivity contribution >= 4 is 5.91 Å². The SMILES string of the molecule is COc1ccc(C(=O)N2CCC(c3n[nH]c(=O)n3-c3ccccc3)CC2)cc1F. The number of halogens is 1. The molecule has 7 nitrogen and oxygen atoms in total. The maximum Gasteiger partial charge on any atom is 0.347 e. The van der Waals surface area contributed by atoms with Crippen molar-refractivity contribution in [1.29, 1.82) is 0 Å². The molecule has 1 amide bonds. The van der Waals surface area contributed by atoms with Crippen molar-refractivity contribution in [1.82, 2.24) is 19.7 Å². The van der Waals surface area contributed by atoms with Crippen LogP contribution in [0.1, 0.15) is 34.9 Å². The van der Waals surface area contributed by atoms with E-state index in [0.29, 0.717) is 37.3 Å². The highest BCUT2D eigenvalue weighted by atomic mass is 19.1. The van der Waals surface area contributed by atoms with Crippen LogP contribution in [0.25, 0.3) is 5.69 Å². The van der Waals surface area contributed by atoms with Gasteiger partial charge in [-0.1, -0.05) is 18.2 Å². The second-order valence-corrected chi connectivity index (χ2v) is 6.97. The van der Waals surface area contributed by atoms with Gasteiger partial charge in [-0.25, -0.2) is 18.9 Å². The van der Waals surface area contributed by atoms with Gasteiger partial charge in [-0.05, 0) is 43.2 Å². The molecule has 2 aromatic carbocycles. The van der Waals surface area contributed by atoms with E-state index in [-0.39, 0.29) is 23.3 Å². The van der Waals surface area contributed by atoms with Crippen LogP contribution >= 0.6 is 0 Å². The molecule has 1 N–H and O–H groups in total. The zero-order chi connectivity index (χ0) is 20.4. The van der Waals surface area contributed by atoms with Gasteiger partial charge in [-0.3, -0.25) is 4.79 Å². The molecule has 4 rings (SSSR count). The molecule has 0 radical (unpaired) electrons. The Hall–Kier alpha value is -3.42.